The van der Waals surface area contributed by atoms with Crippen LogP contribution in [0.25, 0.3) is 10.2 Å². The van der Waals surface area contributed by atoms with Crippen LogP contribution < -0.4 is 5.46 Å². The molecule has 0 atom stereocenters. The summed E-state index contributed by atoms with van der Waals surface area (Å²) in [6, 6.07) is 6.41. The van der Waals surface area contributed by atoms with Gasteiger partial charge in [-0.2, -0.15) is 0 Å². The van der Waals surface area contributed by atoms with Crippen molar-refractivity contribution in [2.45, 2.75) is 65.1 Å². The summed E-state index contributed by atoms with van der Waals surface area (Å²) in [4.78, 5) is 16.4. The number of carbonyl (C=O) groups is 1. The molecule has 2 fully saturated rings. The molecule has 0 radical (unpaired) electrons. The summed E-state index contributed by atoms with van der Waals surface area (Å²) in [5.74, 6) is -0.833. The van der Waals surface area contributed by atoms with Gasteiger partial charge < -0.3 is 19.3 Å². The third kappa shape index (κ3) is 6.59. The molecule has 2 aromatic rings. The van der Waals surface area contributed by atoms with Gasteiger partial charge in [0.25, 0.3) is 5.97 Å². The normalized spacial score (nSPS) is 20.0. The molecule has 0 amide bonds. The Bertz CT molecular complexity index is 848. The van der Waals surface area contributed by atoms with Gasteiger partial charge in [-0.25, -0.2) is 4.98 Å². The van der Waals surface area contributed by atoms with Crippen LogP contribution in [0.2, 0.25) is 0 Å². The molecule has 4 rings (SSSR count). The van der Waals surface area contributed by atoms with E-state index in [0.29, 0.717) is 0 Å². The summed E-state index contributed by atoms with van der Waals surface area (Å²) in [7, 11) is -0.316. The molecule has 6 nitrogen and oxygen atoms in total. The number of hydrogen-bond donors (Lipinski definition) is 1. The van der Waals surface area contributed by atoms with Crippen LogP contribution in [0.5, 0.6) is 0 Å². The van der Waals surface area contributed by atoms with Crippen LogP contribution in [0.15, 0.2) is 18.2 Å². The Labute approximate surface area is 226 Å². The van der Waals surface area contributed by atoms with Crippen LogP contribution >= 0.6 is 11.3 Å². The van der Waals surface area contributed by atoms with Crippen LogP contribution in [0.4, 0.5) is 0 Å². The molecular weight excluding hydrogens is 426 g/mol. The Hall–Kier alpha value is 0.161. The predicted octanol–water partition coefficient (Wildman–Crippen LogP) is 2.68. The predicted molar refractivity (Wildman–Crippen MR) is 125 cm³/mol. The monoisotopic (exact) mass is 458 g/mol. The summed E-state index contributed by atoms with van der Waals surface area (Å²) in [5, 5.41) is 8.65. The third-order valence-corrected chi connectivity index (χ3v) is 6.92. The van der Waals surface area contributed by atoms with E-state index in [-0.39, 0.29) is 69.7 Å². The summed E-state index contributed by atoms with van der Waals surface area (Å²) in [6.45, 7) is 13.1. The standard InChI is InChI=1S/C19H27BN2O2S.C2H4O2.K.H/c1-18(2)19(3,4)24-20(23-18)14-7-8-16-15(13-14)21-17(25-16)9-12-22-10-5-6-11-22;1-2(3)4;;/h7-8,13H,5-6,9-12H2,1-4H3;1H3,(H,3,4);;. The Morgan fingerprint density at radius 2 is 1.77 bits per heavy atom. The number of rotatable bonds is 4. The quantitative estimate of drug-likeness (QED) is 0.711. The number of aliphatic carboxylic acids is 1. The van der Waals surface area contributed by atoms with Gasteiger partial charge in [0.2, 0.25) is 0 Å². The van der Waals surface area contributed by atoms with Crippen molar-refractivity contribution in [1.82, 2.24) is 9.88 Å². The fourth-order valence-corrected chi connectivity index (χ4v) is 4.42. The number of aromatic nitrogens is 1. The van der Waals surface area contributed by atoms with Crippen LogP contribution in [0, 0.1) is 0 Å². The van der Waals surface area contributed by atoms with Gasteiger partial charge in [-0.05, 0) is 71.2 Å². The van der Waals surface area contributed by atoms with Gasteiger partial charge >= 0.3 is 58.5 Å². The van der Waals surface area contributed by atoms with Crippen molar-refractivity contribution < 1.29 is 19.2 Å². The number of fused-ring (bicyclic) bond motifs is 1. The molecule has 30 heavy (non-hydrogen) atoms. The average Bonchev–Trinajstić information content (AvgIpc) is 3.30. The Kier molecular flexibility index (Phi) is 9.56. The number of thiazole rings is 1. The Morgan fingerprint density at radius 1 is 1.20 bits per heavy atom. The van der Waals surface area contributed by atoms with E-state index >= 15 is 0 Å². The summed E-state index contributed by atoms with van der Waals surface area (Å²) in [5.41, 5.74) is 1.50. The van der Waals surface area contributed by atoms with Gasteiger partial charge in [0, 0.05) is 19.9 Å². The fourth-order valence-electron chi connectivity index (χ4n) is 3.48. The average molecular weight is 458 g/mol. The van der Waals surface area contributed by atoms with E-state index in [1.807, 2.05) is 11.3 Å². The van der Waals surface area contributed by atoms with Crippen molar-refractivity contribution in [3.05, 3.63) is 23.2 Å². The molecule has 1 aromatic carbocycles. The minimum absolute atomic E-state index is 0. The first-order valence-corrected chi connectivity index (χ1v) is 11.1. The Balaban J connectivity index is 0.000000591. The summed E-state index contributed by atoms with van der Waals surface area (Å²) in [6.07, 6.45) is 3.74. The molecule has 2 saturated heterocycles. The van der Waals surface area contributed by atoms with Gasteiger partial charge in [0.05, 0.1) is 26.4 Å². The molecule has 0 unspecified atom stereocenters. The molecule has 0 saturated carbocycles. The van der Waals surface area contributed by atoms with Crippen LogP contribution in [-0.2, 0) is 20.5 Å². The van der Waals surface area contributed by atoms with E-state index in [2.05, 4.69) is 50.8 Å². The molecule has 9 heteroatoms. The second-order valence-corrected chi connectivity index (χ2v) is 9.86. The molecule has 3 heterocycles. The second kappa shape index (κ2) is 10.9. The first-order chi connectivity index (χ1) is 13.6. The molecule has 0 aliphatic carbocycles. The molecule has 0 bridgehead atoms. The third-order valence-electron chi connectivity index (χ3n) is 5.82. The number of hydrogen-bond acceptors (Lipinski definition) is 6. The molecule has 0 spiro atoms. The van der Waals surface area contributed by atoms with Gasteiger partial charge in [-0.1, -0.05) is 6.07 Å². The van der Waals surface area contributed by atoms with Crippen molar-refractivity contribution in [2.75, 3.05) is 19.6 Å². The van der Waals surface area contributed by atoms with Crippen molar-refractivity contribution in [3.8, 4) is 0 Å². The van der Waals surface area contributed by atoms with Crippen LogP contribution in [0.3, 0.4) is 0 Å². The topological polar surface area (TPSA) is 71.9 Å². The van der Waals surface area contributed by atoms with E-state index in [0.717, 1.165) is 30.9 Å². The summed E-state index contributed by atoms with van der Waals surface area (Å²) < 4.78 is 13.6. The zero-order chi connectivity index (χ0) is 21.2. The van der Waals surface area contributed by atoms with Gasteiger partial charge in [0.1, 0.15) is 0 Å². The molecule has 160 valence electrons. The number of nitrogens with zero attached hydrogens (tertiary/aromatic N) is 2. The van der Waals surface area contributed by atoms with Crippen molar-refractivity contribution in [2.24, 2.45) is 0 Å². The molecule has 2 aliphatic rings. The van der Waals surface area contributed by atoms with E-state index in [4.69, 9.17) is 24.2 Å². The summed E-state index contributed by atoms with van der Waals surface area (Å²) >= 11 is 1.81. The van der Waals surface area contributed by atoms with E-state index in [9.17, 15) is 0 Å². The van der Waals surface area contributed by atoms with Gasteiger partial charge in [0.15, 0.2) is 0 Å². The number of benzene rings is 1. The zero-order valence-corrected chi connectivity index (χ0v) is 18.8. The van der Waals surface area contributed by atoms with E-state index < -0.39 is 5.97 Å². The van der Waals surface area contributed by atoms with Gasteiger partial charge in [-0.3, -0.25) is 4.79 Å². The van der Waals surface area contributed by atoms with Crippen LogP contribution in [-0.4, -0.2) is 110 Å². The molecular formula is C21H32BKN2O4S. The first-order valence-electron chi connectivity index (χ1n) is 10.2. The number of carboxylic acid groups (broad SMARTS) is 1. The second-order valence-electron chi connectivity index (χ2n) is 8.74. The van der Waals surface area contributed by atoms with Crippen molar-refractivity contribution >= 4 is 91.5 Å². The van der Waals surface area contributed by atoms with Crippen molar-refractivity contribution in [1.29, 1.82) is 0 Å². The minimum atomic E-state index is -0.833. The maximum atomic E-state index is 9.00. The SMILES string of the molecule is CC(=O)O.CC1(C)OB(c2ccc3sc(CCN4CCCC4)nc3c2)OC1(C)C.[KH]. The maximum absolute atomic E-state index is 9.00. The molecule has 2 aliphatic heterocycles. The van der Waals surface area contributed by atoms with E-state index in [1.165, 1.54) is 35.6 Å². The fraction of sp³-hybridized carbons (Fsp3) is 0.619. The first kappa shape index (κ1) is 26.4. The van der Waals surface area contributed by atoms with Crippen molar-refractivity contribution in [3.63, 3.8) is 0 Å². The zero-order valence-electron chi connectivity index (χ0n) is 18.0. The van der Waals surface area contributed by atoms with E-state index in [1.54, 1.807) is 0 Å². The molecule has 1 aromatic heterocycles. The number of likely N-dealkylation sites (tertiary alicyclic amines) is 1. The van der Waals surface area contributed by atoms with Crippen LogP contribution in [0.1, 0.15) is 52.5 Å². The molecule has 1 N–H and O–H groups in total. The Morgan fingerprint density at radius 3 is 2.33 bits per heavy atom. The van der Waals surface area contributed by atoms with Gasteiger partial charge in [-0.15, -0.1) is 11.3 Å². The number of carboxylic acids is 1.